The summed E-state index contributed by atoms with van der Waals surface area (Å²) in [5, 5.41) is 11.4. The minimum atomic E-state index is -1.01. The first-order valence-electron chi connectivity index (χ1n) is 6.82. The monoisotopic (exact) mass is 279 g/mol. The van der Waals surface area contributed by atoms with Gasteiger partial charge in [-0.05, 0) is 24.1 Å². The molecule has 0 saturated carbocycles. The zero-order valence-corrected chi connectivity index (χ0v) is 11.7. The highest BCUT2D eigenvalue weighted by atomic mass is 16.5. The summed E-state index contributed by atoms with van der Waals surface area (Å²) in [5.74, 6) is -0.486. The molecule has 0 bridgehead atoms. The number of benzene rings is 1. The summed E-state index contributed by atoms with van der Waals surface area (Å²) in [6.45, 7) is 2.16. The lowest BCUT2D eigenvalue weighted by molar-refractivity contribution is -0.139. The van der Waals surface area contributed by atoms with Crippen molar-refractivity contribution in [2.24, 2.45) is 0 Å². The average molecular weight is 279 g/mol. The molecule has 0 unspecified atom stereocenters. The lowest BCUT2D eigenvalue weighted by Crippen LogP contribution is -2.22. The summed E-state index contributed by atoms with van der Waals surface area (Å²) in [7, 11) is 0. The van der Waals surface area contributed by atoms with Crippen LogP contribution in [0.2, 0.25) is 0 Å². The number of ether oxygens (including phenoxy) is 1. The van der Waals surface area contributed by atoms with E-state index >= 15 is 0 Å². The van der Waals surface area contributed by atoms with Crippen molar-refractivity contribution in [2.75, 3.05) is 6.61 Å². The quantitative estimate of drug-likeness (QED) is 0.680. The van der Waals surface area contributed by atoms with Crippen LogP contribution in [0.5, 0.6) is 5.75 Å². The van der Waals surface area contributed by atoms with Crippen LogP contribution in [0.3, 0.4) is 0 Å². The number of unbranched alkanes of at least 4 members (excludes halogenated alkanes) is 2. The van der Waals surface area contributed by atoms with Crippen LogP contribution < -0.4 is 10.1 Å². The van der Waals surface area contributed by atoms with Gasteiger partial charge in [-0.15, -0.1) is 0 Å². The molecule has 0 aliphatic carbocycles. The predicted molar refractivity (Wildman–Crippen MR) is 75.6 cm³/mol. The number of nitrogens with one attached hydrogen (secondary N) is 1. The molecule has 0 atom stereocenters. The Labute approximate surface area is 118 Å². The molecule has 0 saturated heterocycles. The van der Waals surface area contributed by atoms with Gasteiger partial charge in [0, 0.05) is 13.0 Å². The van der Waals surface area contributed by atoms with Crippen LogP contribution >= 0.6 is 0 Å². The first-order chi connectivity index (χ1) is 9.61. The third-order valence-corrected chi connectivity index (χ3v) is 2.76. The molecule has 1 amide bonds. The minimum absolute atomic E-state index is 0.0373. The van der Waals surface area contributed by atoms with Crippen LogP contribution in [0, 0.1) is 0 Å². The molecule has 1 aromatic carbocycles. The number of carboxylic acid groups (broad SMARTS) is 1. The topological polar surface area (TPSA) is 75.6 Å². The minimum Gasteiger partial charge on any atom is -0.482 e. The van der Waals surface area contributed by atoms with Crippen molar-refractivity contribution in [3.8, 4) is 5.75 Å². The maximum atomic E-state index is 11.6. The van der Waals surface area contributed by atoms with E-state index < -0.39 is 5.97 Å². The number of carbonyl (C=O) groups excluding carboxylic acids is 1. The molecule has 5 nitrogen and oxygen atoms in total. The molecule has 0 heterocycles. The molecule has 0 aliphatic heterocycles. The Balaban J connectivity index is 2.38. The number of amides is 1. The van der Waals surface area contributed by atoms with E-state index in [0.717, 1.165) is 24.8 Å². The van der Waals surface area contributed by atoms with E-state index in [9.17, 15) is 9.59 Å². The average Bonchev–Trinajstić information content (AvgIpc) is 2.44. The highest BCUT2D eigenvalue weighted by Crippen LogP contribution is 2.13. The van der Waals surface area contributed by atoms with Gasteiger partial charge in [0.25, 0.3) is 0 Å². The Bertz CT molecular complexity index is 445. The Hall–Kier alpha value is -2.04. The third-order valence-electron chi connectivity index (χ3n) is 2.76. The second-order valence-electron chi connectivity index (χ2n) is 4.56. The molecule has 1 aromatic rings. The lowest BCUT2D eigenvalue weighted by atomic mass is 10.2. The fraction of sp³-hybridized carbons (Fsp3) is 0.467. The molecular weight excluding hydrogens is 258 g/mol. The van der Waals surface area contributed by atoms with Gasteiger partial charge in [-0.3, -0.25) is 4.79 Å². The highest BCUT2D eigenvalue weighted by molar-refractivity contribution is 5.75. The van der Waals surface area contributed by atoms with Gasteiger partial charge in [0.15, 0.2) is 6.61 Å². The van der Waals surface area contributed by atoms with E-state index in [0.29, 0.717) is 18.7 Å². The second-order valence-corrected chi connectivity index (χ2v) is 4.56. The van der Waals surface area contributed by atoms with E-state index in [2.05, 4.69) is 12.2 Å². The number of hydrogen-bond donors (Lipinski definition) is 2. The largest absolute Gasteiger partial charge is 0.482 e. The van der Waals surface area contributed by atoms with E-state index in [-0.39, 0.29) is 12.5 Å². The summed E-state index contributed by atoms with van der Waals surface area (Å²) in [6, 6.07) is 7.06. The molecule has 20 heavy (non-hydrogen) atoms. The van der Waals surface area contributed by atoms with E-state index in [1.54, 1.807) is 18.2 Å². The van der Waals surface area contributed by atoms with Crippen molar-refractivity contribution >= 4 is 11.9 Å². The molecule has 5 heteroatoms. The van der Waals surface area contributed by atoms with Gasteiger partial charge in [0.05, 0.1) is 0 Å². The maximum Gasteiger partial charge on any atom is 0.341 e. The molecule has 1 rings (SSSR count). The van der Waals surface area contributed by atoms with E-state index in [4.69, 9.17) is 9.84 Å². The highest BCUT2D eigenvalue weighted by Gasteiger charge is 2.03. The van der Waals surface area contributed by atoms with Crippen LogP contribution in [0.25, 0.3) is 0 Å². The Morgan fingerprint density at radius 2 is 2.10 bits per heavy atom. The summed E-state index contributed by atoms with van der Waals surface area (Å²) >= 11 is 0. The van der Waals surface area contributed by atoms with Gasteiger partial charge in [-0.2, -0.15) is 0 Å². The Morgan fingerprint density at radius 3 is 2.80 bits per heavy atom. The van der Waals surface area contributed by atoms with Crippen LogP contribution in [0.4, 0.5) is 0 Å². The molecule has 0 fully saturated rings. The zero-order valence-electron chi connectivity index (χ0n) is 11.7. The van der Waals surface area contributed by atoms with E-state index in [1.165, 1.54) is 0 Å². The summed E-state index contributed by atoms with van der Waals surface area (Å²) in [5.41, 5.74) is 0.886. The lowest BCUT2D eigenvalue weighted by Gasteiger charge is -2.08. The van der Waals surface area contributed by atoms with Crippen molar-refractivity contribution in [3.63, 3.8) is 0 Å². The van der Waals surface area contributed by atoms with E-state index in [1.807, 2.05) is 6.07 Å². The van der Waals surface area contributed by atoms with Gasteiger partial charge in [-0.25, -0.2) is 4.79 Å². The standard InChI is InChI=1S/C15H21NO4/c1-2-3-4-8-14(17)16-10-12-6-5-7-13(9-12)20-11-15(18)19/h5-7,9H,2-4,8,10-11H2,1H3,(H,16,17)(H,18,19). The second kappa shape index (κ2) is 8.96. The van der Waals surface area contributed by atoms with Crippen molar-refractivity contribution in [2.45, 2.75) is 39.2 Å². The number of rotatable bonds is 9. The number of aliphatic carboxylic acids is 1. The predicted octanol–water partition coefficient (Wildman–Crippen LogP) is 2.35. The maximum absolute atomic E-state index is 11.6. The summed E-state index contributed by atoms with van der Waals surface area (Å²) in [4.78, 5) is 22.0. The number of hydrogen-bond acceptors (Lipinski definition) is 3. The first-order valence-corrected chi connectivity index (χ1v) is 6.82. The summed E-state index contributed by atoms with van der Waals surface area (Å²) in [6.07, 6.45) is 3.61. The van der Waals surface area contributed by atoms with Gasteiger partial charge in [0.2, 0.25) is 5.91 Å². The van der Waals surface area contributed by atoms with Crippen molar-refractivity contribution in [3.05, 3.63) is 29.8 Å². The molecular formula is C15H21NO4. The molecule has 0 aromatic heterocycles. The van der Waals surface area contributed by atoms with Crippen LogP contribution in [0.15, 0.2) is 24.3 Å². The van der Waals surface area contributed by atoms with Crippen LogP contribution in [0.1, 0.15) is 38.2 Å². The Kier molecular flexibility index (Phi) is 7.17. The number of carbonyl (C=O) groups is 2. The molecule has 2 N–H and O–H groups in total. The zero-order chi connectivity index (χ0) is 14.8. The SMILES string of the molecule is CCCCCC(=O)NCc1cccc(OCC(=O)O)c1. The van der Waals surface area contributed by atoms with Crippen molar-refractivity contribution in [1.82, 2.24) is 5.32 Å². The van der Waals surface area contributed by atoms with Gasteiger partial charge < -0.3 is 15.2 Å². The molecule has 0 radical (unpaired) electrons. The van der Waals surface area contributed by atoms with Crippen molar-refractivity contribution < 1.29 is 19.4 Å². The fourth-order valence-electron chi connectivity index (χ4n) is 1.71. The normalized spacial score (nSPS) is 10.1. The Morgan fingerprint density at radius 1 is 1.30 bits per heavy atom. The van der Waals surface area contributed by atoms with Crippen LogP contribution in [-0.4, -0.2) is 23.6 Å². The van der Waals surface area contributed by atoms with Gasteiger partial charge in [0.1, 0.15) is 5.75 Å². The van der Waals surface area contributed by atoms with Gasteiger partial charge >= 0.3 is 5.97 Å². The fourth-order valence-corrected chi connectivity index (χ4v) is 1.71. The van der Waals surface area contributed by atoms with Gasteiger partial charge in [-0.1, -0.05) is 31.9 Å². The molecule has 0 spiro atoms. The van der Waals surface area contributed by atoms with Crippen molar-refractivity contribution in [1.29, 1.82) is 0 Å². The molecule has 0 aliphatic rings. The van der Waals surface area contributed by atoms with Crippen LogP contribution in [-0.2, 0) is 16.1 Å². The number of carboxylic acids is 1. The first kappa shape index (κ1) is 16.0. The smallest absolute Gasteiger partial charge is 0.341 e. The third kappa shape index (κ3) is 6.78. The molecule has 110 valence electrons. The summed E-state index contributed by atoms with van der Waals surface area (Å²) < 4.78 is 5.08.